The number of esters is 2. The van der Waals surface area contributed by atoms with Gasteiger partial charge in [-0.3, -0.25) is 9.59 Å². The van der Waals surface area contributed by atoms with Crippen molar-refractivity contribution < 1.29 is 24.2 Å². The molecule has 94 heavy (non-hydrogen) atoms. The van der Waals surface area contributed by atoms with Gasteiger partial charge < -0.3 is 14.6 Å². The summed E-state index contributed by atoms with van der Waals surface area (Å²) < 4.78 is 10.8. The van der Waals surface area contributed by atoms with Crippen molar-refractivity contribution in [1.29, 1.82) is 0 Å². The SMILES string of the molecule is CC/C=C\C/C=C\C/C=C\C/C=C\C/C=C\C/C=C\C/C=C\C/C=C\C/C=C\C/C=C\CCCCCCCCCCC(=O)OC(CO)COC(=O)CCCCCCCCCCCCCCCCCCCCCCCC/C=C\C/C=C\C/C=C\C/C=C\C/C=C\C/C=C\CC. The first-order chi connectivity index (χ1) is 46.6. The van der Waals surface area contributed by atoms with E-state index >= 15 is 0 Å². The molecule has 0 radical (unpaired) electrons. The molecular weight excluding hydrogens is 1150 g/mol. The van der Waals surface area contributed by atoms with Crippen LogP contribution in [0.15, 0.2) is 194 Å². The maximum Gasteiger partial charge on any atom is 0.306 e. The zero-order valence-corrected chi connectivity index (χ0v) is 60.9. The number of ether oxygens (including phenoxy) is 2. The number of carbonyl (C=O) groups is 2. The molecule has 0 aromatic heterocycles. The number of hydrogen-bond acceptors (Lipinski definition) is 5. The van der Waals surface area contributed by atoms with Gasteiger partial charge in [0.2, 0.25) is 0 Å². The van der Waals surface area contributed by atoms with Gasteiger partial charge in [0.25, 0.3) is 0 Å². The van der Waals surface area contributed by atoms with E-state index in [1.54, 1.807) is 0 Å². The fourth-order valence-electron chi connectivity index (χ4n) is 10.6. The van der Waals surface area contributed by atoms with E-state index < -0.39 is 6.10 Å². The van der Waals surface area contributed by atoms with Crippen molar-refractivity contribution >= 4 is 11.9 Å². The Balaban J connectivity index is 3.52. The molecule has 0 aromatic carbocycles. The highest BCUT2D eigenvalue weighted by Gasteiger charge is 2.16. The molecule has 530 valence electrons. The normalized spacial score (nSPS) is 13.4. The summed E-state index contributed by atoms with van der Waals surface area (Å²) in [6, 6.07) is 0. The van der Waals surface area contributed by atoms with Crippen molar-refractivity contribution in [2.45, 2.75) is 341 Å². The van der Waals surface area contributed by atoms with E-state index in [0.717, 1.165) is 148 Å². The fraction of sp³-hybridized carbons (Fsp3) is 0.618. The molecule has 0 saturated heterocycles. The van der Waals surface area contributed by atoms with E-state index in [1.165, 1.54) is 161 Å². The first kappa shape index (κ1) is 88.7. The number of carbonyl (C=O) groups excluding carboxylic acids is 2. The summed E-state index contributed by atoms with van der Waals surface area (Å²) in [6.07, 6.45) is 129. The van der Waals surface area contributed by atoms with Gasteiger partial charge in [-0.15, -0.1) is 0 Å². The predicted octanol–water partition coefficient (Wildman–Crippen LogP) is 27.9. The van der Waals surface area contributed by atoms with E-state index in [4.69, 9.17) is 9.47 Å². The zero-order valence-electron chi connectivity index (χ0n) is 60.9. The molecule has 0 saturated carbocycles. The Kier molecular flexibility index (Phi) is 77.4. The Labute approximate surface area is 581 Å². The standard InChI is InChI=1S/C89H144O5/c1-3-5-7-9-11-13-15-17-19-21-23-25-27-29-31-33-35-37-39-41-43-44-46-47-49-51-53-55-57-59-61-63-65-67-69-71-73-75-77-79-81-83-88(91)93-86-87(85-90)94-89(92)84-82-80-78-76-74-72-70-68-66-64-62-60-58-56-54-52-50-48-45-42-40-38-36-34-32-30-28-26-24-22-20-18-16-14-12-10-8-6-4-2/h5-8,11-14,17-20,23-26,29-32,35-38,42,45,50,52,56,58,62,64,87,90H,3-4,9-10,15-16,21-22,27-28,33-34,39-41,43-44,46-49,51,53-55,57,59-61,63,65-86H2,1-2H3/b7-5-,8-6-,13-11-,14-12-,19-17-,20-18-,25-23-,26-24-,31-29-,32-30-,37-35-,38-36-,45-42-,52-50-,58-56-,64-62-. The van der Waals surface area contributed by atoms with Crippen LogP contribution in [-0.2, 0) is 19.1 Å². The van der Waals surface area contributed by atoms with Gasteiger partial charge in [0, 0.05) is 12.8 Å². The van der Waals surface area contributed by atoms with E-state index in [-0.39, 0.29) is 25.2 Å². The summed E-state index contributed by atoms with van der Waals surface area (Å²) in [6.45, 7) is 3.92. The first-order valence-corrected chi connectivity index (χ1v) is 39.0. The molecule has 0 rings (SSSR count). The van der Waals surface area contributed by atoms with Crippen LogP contribution in [0.25, 0.3) is 0 Å². The molecular formula is C89H144O5. The number of aliphatic hydroxyl groups is 1. The Morgan fingerprint density at radius 1 is 0.245 bits per heavy atom. The lowest BCUT2D eigenvalue weighted by Crippen LogP contribution is -2.28. The number of hydrogen-bond donors (Lipinski definition) is 1. The maximum atomic E-state index is 12.4. The van der Waals surface area contributed by atoms with Gasteiger partial charge in [0.05, 0.1) is 6.61 Å². The molecule has 0 aliphatic rings. The van der Waals surface area contributed by atoms with Crippen LogP contribution in [0.5, 0.6) is 0 Å². The average molecular weight is 1290 g/mol. The van der Waals surface area contributed by atoms with Gasteiger partial charge in [-0.2, -0.15) is 0 Å². The van der Waals surface area contributed by atoms with Crippen LogP contribution in [0.4, 0.5) is 0 Å². The molecule has 1 unspecified atom stereocenters. The van der Waals surface area contributed by atoms with Gasteiger partial charge in [0.15, 0.2) is 6.10 Å². The van der Waals surface area contributed by atoms with Crippen molar-refractivity contribution in [2.24, 2.45) is 0 Å². The van der Waals surface area contributed by atoms with Crippen LogP contribution in [0.2, 0.25) is 0 Å². The summed E-state index contributed by atoms with van der Waals surface area (Å²) in [5.41, 5.74) is 0. The molecule has 0 heterocycles. The third-order valence-corrected chi connectivity index (χ3v) is 16.4. The number of aliphatic hydroxyl groups excluding tert-OH is 1. The third-order valence-electron chi connectivity index (χ3n) is 16.4. The molecule has 0 bridgehead atoms. The second kappa shape index (κ2) is 82.0. The minimum atomic E-state index is -0.790. The first-order valence-electron chi connectivity index (χ1n) is 39.0. The smallest absolute Gasteiger partial charge is 0.306 e. The average Bonchev–Trinajstić information content (AvgIpc) is 3.65. The molecule has 0 fully saturated rings. The lowest BCUT2D eigenvalue weighted by Gasteiger charge is -2.15. The Hall–Kier alpha value is -5.26. The summed E-state index contributed by atoms with van der Waals surface area (Å²) in [7, 11) is 0. The summed E-state index contributed by atoms with van der Waals surface area (Å²) >= 11 is 0. The van der Waals surface area contributed by atoms with E-state index in [9.17, 15) is 14.7 Å². The maximum absolute atomic E-state index is 12.4. The van der Waals surface area contributed by atoms with Gasteiger partial charge in [-0.05, 0) is 141 Å². The highest BCUT2D eigenvalue weighted by molar-refractivity contribution is 5.70. The van der Waals surface area contributed by atoms with Crippen molar-refractivity contribution in [1.82, 2.24) is 0 Å². The minimum absolute atomic E-state index is 0.0761. The molecule has 0 aliphatic carbocycles. The van der Waals surface area contributed by atoms with Crippen LogP contribution in [0.1, 0.15) is 335 Å². The van der Waals surface area contributed by atoms with Crippen molar-refractivity contribution in [2.75, 3.05) is 13.2 Å². The molecule has 0 spiro atoms. The molecule has 0 aromatic rings. The topological polar surface area (TPSA) is 72.8 Å². The number of rotatable bonds is 70. The van der Waals surface area contributed by atoms with Crippen molar-refractivity contribution in [3.05, 3.63) is 194 Å². The summed E-state index contributed by atoms with van der Waals surface area (Å²) in [5, 5.41) is 9.73. The van der Waals surface area contributed by atoms with Gasteiger partial charge in [-0.25, -0.2) is 0 Å². The Morgan fingerprint density at radius 3 is 0.638 bits per heavy atom. The van der Waals surface area contributed by atoms with Crippen LogP contribution in [-0.4, -0.2) is 36.4 Å². The fourth-order valence-corrected chi connectivity index (χ4v) is 10.6. The van der Waals surface area contributed by atoms with Crippen LogP contribution < -0.4 is 0 Å². The van der Waals surface area contributed by atoms with Crippen molar-refractivity contribution in [3.63, 3.8) is 0 Å². The molecule has 5 heteroatoms. The zero-order chi connectivity index (χ0) is 67.5. The van der Waals surface area contributed by atoms with Crippen LogP contribution in [0, 0.1) is 0 Å². The Bertz CT molecular complexity index is 2110. The second-order valence-electron chi connectivity index (χ2n) is 25.3. The molecule has 1 atom stereocenters. The largest absolute Gasteiger partial charge is 0.462 e. The number of allylic oxidation sites excluding steroid dienone is 32. The van der Waals surface area contributed by atoms with Gasteiger partial charge in [0.1, 0.15) is 6.61 Å². The van der Waals surface area contributed by atoms with E-state index in [0.29, 0.717) is 12.8 Å². The molecule has 1 N–H and O–H groups in total. The van der Waals surface area contributed by atoms with Crippen LogP contribution in [0.3, 0.4) is 0 Å². The minimum Gasteiger partial charge on any atom is -0.462 e. The lowest BCUT2D eigenvalue weighted by atomic mass is 10.0. The quantitative estimate of drug-likeness (QED) is 0.0373. The third kappa shape index (κ3) is 79.2. The summed E-state index contributed by atoms with van der Waals surface area (Å²) in [4.78, 5) is 24.7. The molecule has 0 amide bonds. The van der Waals surface area contributed by atoms with Crippen LogP contribution >= 0.6 is 0 Å². The molecule has 5 nitrogen and oxygen atoms in total. The van der Waals surface area contributed by atoms with E-state index in [1.807, 2.05) is 0 Å². The highest BCUT2D eigenvalue weighted by Crippen LogP contribution is 2.17. The monoisotopic (exact) mass is 1290 g/mol. The predicted molar refractivity (Wildman–Crippen MR) is 416 cm³/mol. The van der Waals surface area contributed by atoms with Crippen molar-refractivity contribution in [3.8, 4) is 0 Å². The Morgan fingerprint density at radius 2 is 0.426 bits per heavy atom. The second-order valence-corrected chi connectivity index (χ2v) is 25.3. The lowest BCUT2D eigenvalue weighted by molar-refractivity contribution is -0.161. The van der Waals surface area contributed by atoms with E-state index in [2.05, 4.69) is 208 Å². The van der Waals surface area contributed by atoms with Gasteiger partial charge in [-0.1, -0.05) is 375 Å². The van der Waals surface area contributed by atoms with Gasteiger partial charge >= 0.3 is 11.9 Å². The highest BCUT2D eigenvalue weighted by atomic mass is 16.6. The molecule has 0 aliphatic heterocycles. The summed E-state index contributed by atoms with van der Waals surface area (Å²) in [5.74, 6) is -0.599. The number of unbranched alkanes of at least 4 members (excludes halogenated alkanes) is 30.